The Kier molecular flexibility index (Phi) is 2.82. The number of methoxy groups -OCH3 is 1. The molecule has 5 heteroatoms. The Balaban J connectivity index is 2.69. The largest absolute Gasteiger partial charge is 0.464 e. The van der Waals surface area contributed by atoms with Crippen molar-refractivity contribution in [3.63, 3.8) is 0 Å². The van der Waals surface area contributed by atoms with E-state index in [0.717, 1.165) is 0 Å². The molecule has 0 atom stereocenters. The molecular weight excluding hydrogens is 220 g/mol. The van der Waals surface area contributed by atoms with Gasteiger partial charge in [0.25, 0.3) is 0 Å². The molecule has 2 aromatic heterocycles. The number of nitrogens with zero attached hydrogens (tertiary/aromatic N) is 2. The van der Waals surface area contributed by atoms with E-state index >= 15 is 0 Å². The third-order valence-electron chi connectivity index (χ3n) is 2.39. The Labute approximate surface area is 97.4 Å². The van der Waals surface area contributed by atoms with Gasteiger partial charge in [0, 0.05) is 17.1 Å². The van der Waals surface area contributed by atoms with Crippen LogP contribution >= 0.6 is 0 Å². The van der Waals surface area contributed by atoms with Gasteiger partial charge < -0.3 is 4.74 Å². The molecule has 0 bridgehead atoms. The summed E-state index contributed by atoms with van der Waals surface area (Å²) in [6.07, 6.45) is 2.18. The molecule has 0 radical (unpaired) electrons. The van der Waals surface area contributed by atoms with Crippen molar-refractivity contribution in [2.75, 3.05) is 7.11 Å². The summed E-state index contributed by atoms with van der Waals surface area (Å²) in [5.74, 6) is -0.508. The molecule has 0 aliphatic rings. The highest BCUT2D eigenvalue weighted by Crippen LogP contribution is 2.17. The van der Waals surface area contributed by atoms with Gasteiger partial charge in [0.05, 0.1) is 18.3 Å². The molecule has 0 unspecified atom stereocenters. The molecule has 0 aromatic carbocycles. The van der Waals surface area contributed by atoms with Gasteiger partial charge in [-0.2, -0.15) is 0 Å². The van der Waals surface area contributed by atoms with Crippen LogP contribution in [0.2, 0.25) is 0 Å². The molecule has 2 heterocycles. The third-order valence-corrected chi connectivity index (χ3v) is 2.39. The summed E-state index contributed by atoms with van der Waals surface area (Å²) in [4.78, 5) is 30.3. The topological polar surface area (TPSA) is 69.2 Å². The molecule has 86 valence electrons. The zero-order valence-corrected chi connectivity index (χ0v) is 9.43. The maximum absolute atomic E-state index is 11.4. The van der Waals surface area contributed by atoms with Crippen LogP contribution < -0.4 is 0 Å². The van der Waals surface area contributed by atoms with Crippen LogP contribution in [0.3, 0.4) is 0 Å². The number of hydrogen-bond acceptors (Lipinski definition) is 5. The van der Waals surface area contributed by atoms with Gasteiger partial charge in [-0.15, -0.1) is 0 Å². The first-order chi connectivity index (χ1) is 8.15. The third kappa shape index (κ3) is 1.99. The molecule has 0 saturated carbocycles. The number of esters is 1. The minimum Gasteiger partial charge on any atom is -0.464 e. The van der Waals surface area contributed by atoms with Crippen molar-refractivity contribution in [2.24, 2.45) is 0 Å². The van der Waals surface area contributed by atoms with Crippen molar-refractivity contribution in [3.05, 3.63) is 35.3 Å². The van der Waals surface area contributed by atoms with Crippen molar-refractivity contribution in [3.8, 4) is 0 Å². The van der Waals surface area contributed by atoms with E-state index in [9.17, 15) is 9.59 Å². The van der Waals surface area contributed by atoms with E-state index < -0.39 is 5.97 Å². The van der Waals surface area contributed by atoms with Gasteiger partial charge >= 0.3 is 5.97 Å². The Morgan fingerprint density at radius 3 is 2.82 bits per heavy atom. The summed E-state index contributed by atoms with van der Waals surface area (Å²) in [6.45, 7) is 1.75. The lowest BCUT2D eigenvalue weighted by Gasteiger charge is -2.04. The van der Waals surface area contributed by atoms with Crippen LogP contribution in [0.25, 0.3) is 10.9 Å². The summed E-state index contributed by atoms with van der Waals surface area (Å²) in [6, 6.07) is 3.23. The number of ether oxygens (including phenoxy) is 1. The number of rotatable bonds is 2. The summed E-state index contributed by atoms with van der Waals surface area (Å²) in [5, 5.41) is 0.697. The lowest BCUT2D eigenvalue weighted by Crippen LogP contribution is -2.06. The first-order valence-electron chi connectivity index (χ1n) is 4.96. The lowest BCUT2D eigenvalue weighted by molar-refractivity contribution is 0.0594. The minimum absolute atomic E-state index is 0.211. The smallest absolute Gasteiger partial charge is 0.356 e. The molecule has 2 aromatic rings. The zero-order valence-electron chi connectivity index (χ0n) is 9.43. The minimum atomic E-state index is -0.508. The number of pyridine rings is 2. The highest BCUT2D eigenvalue weighted by atomic mass is 16.5. The first-order valence-corrected chi connectivity index (χ1v) is 4.96. The molecular formula is C12H10N2O3. The molecule has 0 N–H and O–H groups in total. The van der Waals surface area contributed by atoms with Crippen LogP contribution in [0, 0.1) is 6.92 Å². The van der Waals surface area contributed by atoms with Gasteiger partial charge in [-0.05, 0) is 19.1 Å². The zero-order chi connectivity index (χ0) is 12.4. The second kappa shape index (κ2) is 4.29. The molecule has 0 fully saturated rings. The summed E-state index contributed by atoms with van der Waals surface area (Å²) in [5.41, 5.74) is 1.96. The summed E-state index contributed by atoms with van der Waals surface area (Å²) >= 11 is 0. The number of carbonyl (C=O) groups excluding carboxylic acids is 2. The standard InChI is InChI=1S/C12H10N2O3/c1-7-11-9(3-8(6-15)5-13-11)4-10(14-7)12(16)17-2/h3-6H,1-2H3. The van der Waals surface area contributed by atoms with Crippen molar-refractivity contribution >= 4 is 23.2 Å². The Morgan fingerprint density at radius 2 is 2.18 bits per heavy atom. The average Bonchev–Trinajstić information content (AvgIpc) is 2.36. The van der Waals surface area contributed by atoms with E-state index in [0.29, 0.717) is 28.4 Å². The van der Waals surface area contributed by atoms with Crippen LogP contribution in [-0.4, -0.2) is 29.3 Å². The highest BCUT2D eigenvalue weighted by molar-refractivity contribution is 5.94. The Hall–Kier alpha value is -2.30. The Bertz CT molecular complexity index is 608. The molecule has 0 saturated heterocycles. The molecule has 5 nitrogen and oxygen atoms in total. The predicted octanol–water partition coefficient (Wildman–Crippen LogP) is 1.54. The van der Waals surface area contributed by atoms with Crippen molar-refractivity contribution in [1.82, 2.24) is 9.97 Å². The quantitative estimate of drug-likeness (QED) is 0.578. The number of aldehydes is 1. The Morgan fingerprint density at radius 1 is 1.41 bits per heavy atom. The SMILES string of the molecule is COC(=O)c1cc2cc(C=O)cnc2c(C)n1. The van der Waals surface area contributed by atoms with E-state index in [4.69, 9.17) is 0 Å². The number of carbonyl (C=O) groups is 2. The molecule has 0 aliphatic heterocycles. The molecule has 0 amide bonds. The number of hydrogen-bond donors (Lipinski definition) is 0. The van der Waals surface area contributed by atoms with Crippen molar-refractivity contribution < 1.29 is 14.3 Å². The van der Waals surface area contributed by atoms with Crippen LogP contribution in [0.4, 0.5) is 0 Å². The number of aryl methyl sites for hydroxylation is 1. The van der Waals surface area contributed by atoms with Crippen LogP contribution in [0.5, 0.6) is 0 Å². The maximum Gasteiger partial charge on any atom is 0.356 e. The monoisotopic (exact) mass is 230 g/mol. The van der Waals surface area contributed by atoms with E-state index in [2.05, 4.69) is 14.7 Å². The van der Waals surface area contributed by atoms with Gasteiger partial charge in [0.2, 0.25) is 0 Å². The average molecular weight is 230 g/mol. The fourth-order valence-corrected chi connectivity index (χ4v) is 1.60. The molecule has 0 aliphatic carbocycles. The first kappa shape index (κ1) is 11.2. The summed E-state index contributed by atoms with van der Waals surface area (Å²) < 4.78 is 4.61. The van der Waals surface area contributed by atoms with Crippen LogP contribution in [0.15, 0.2) is 18.3 Å². The van der Waals surface area contributed by atoms with E-state index in [1.165, 1.54) is 13.3 Å². The predicted molar refractivity (Wildman–Crippen MR) is 61.0 cm³/mol. The van der Waals surface area contributed by atoms with E-state index in [1.54, 1.807) is 19.1 Å². The van der Waals surface area contributed by atoms with Gasteiger partial charge in [0.1, 0.15) is 5.69 Å². The number of fused-ring (bicyclic) bond motifs is 1. The fraction of sp³-hybridized carbons (Fsp3) is 0.167. The van der Waals surface area contributed by atoms with E-state index in [1.807, 2.05) is 0 Å². The fourth-order valence-electron chi connectivity index (χ4n) is 1.60. The van der Waals surface area contributed by atoms with Gasteiger partial charge in [-0.25, -0.2) is 9.78 Å². The molecule has 17 heavy (non-hydrogen) atoms. The van der Waals surface area contributed by atoms with Crippen molar-refractivity contribution in [2.45, 2.75) is 6.92 Å². The van der Waals surface area contributed by atoms with E-state index in [-0.39, 0.29) is 5.69 Å². The van der Waals surface area contributed by atoms with Crippen LogP contribution in [0.1, 0.15) is 26.5 Å². The van der Waals surface area contributed by atoms with Gasteiger partial charge in [-0.3, -0.25) is 9.78 Å². The lowest BCUT2D eigenvalue weighted by atomic mass is 10.1. The maximum atomic E-state index is 11.4. The normalized spacial score (nSPS) is 10.2. The highest BCUT2D eigenvalue weighted by Gasteiger charge is 2.11. The second-order valence-corrected chi connectivity index (χ2v) is 3.54. The van der Waals surface area contributed by atoms with Gasteiger partial charge in [0.15, 0.2) is 6.29 Å². The summed E-state index contributed by atoms with van der Waals surface area (Å²) in [7, 11) is 1.30. The molecule has 2 rings (SSSR count). The number of aromatic nitrogens is 2. The van der Waals surface area contributed by atoms with Gasteiger partial charge in [-0.1, -0.05) is 0 Å². The van der Waals surface area contributed by atoms with Crippen LogP contribution in [-0.2, 0) is 4.74 Å². The second-order valence-electron chi connectivity index (χ2n) is 3.54. The van der Waals surface area contributed by atoms with Crippen molar-refractivity contribution in [1.29, 1.82) is 0 Å². The molecule has 0 spiro atoms.